The van der Waals surface area contributed by atoms with Crippen LogP contribution in [0.1, 0.15) is 19.8 Å². The maximum Gasteiger partial charge on any atom is 0.307 e. The molecule has 7 nitrogen and oxygen atoms in total. The second-order valence-electron chi connectivity index (χ2n) is 5.33. The first-order chi connectivity index (χ1) is 10.4. The first-order valence-corrected chi connectivity index (χ1v) is 6.82. The number of anilines is 1. The molecule has 0 heterocycles. The van der Waals surface area contributed by atoms with Gasteiger partial charge in [-0.25, -0.2) is 0 Å². The van der Waals surface area contributed by atoms with E-state index in [-0.39, 0.29) is 11.6 Å². The molecule has 1 amide bonds. The van der Waals surface area contributed by atoms with E-state index in [0.717, 1.165) is 5.57 Å². The van der Waals surface area contributed by atoms with E-state index in [0.29, 0.717) is 18.5 Å². The summed E-state index contributed by atoms with van der Waals surface area (Å²) in [4.78, 5) is 33.6. The van der Waals surface area contributed by atoms with E-state index < -0.39 is 22.7 Å². The van der Waals surface area contributed by atoms with Crippen LogP contribution in [0.25, 0.3) is 0 Å². The van der Waals surface area contributed by atoms with Crippen molar-refractivity contribution in [1.82, 2.24) is 0 Å². The highest BCUT2D eigenvalue weighted by Crippen LogP contribution is 2.31. The van der Waals surface area contributed by atoms with E-state index in [2.05, 4.69) is 5.32 Å². The number of nitro groups is 1. The topological polar surface area (TPSA) is 110 Å². The fourth-order valence-electron chi connectivity index (χ4n) is 2.51. The highest BCUT2D eigenvalue weighted by atomic mass is 16.6. The standard InChI is InChI=1S/C15H16N2O5/c1-9-2-7-12(15(19)20)13(8-9)14(18)16-10-3-5-11(6-4-10)17(21)22/h2-6,12-13H,7-8H2,1H3,(H,16,18)(H,19,20)/t12-,13-/m0/s1. The van der Waals surface area contributed by atoms with Crippen LogP contribution in [0.3, 0.4) is 0 Å². The van der Waals surface area contributed by atoms with Crippen molar-refractivity contribution in [1.29, 1.82) is 0 Å². The summed E-state index contributed by atoms with van der Waals surface area (Å²) in [5.74, 6) is -2.76. The van der Waals surface area contributed by atoms with Crippen molar-refractivity contribution in [2.45, 2.75) is 19.8 Å². The van der Waals surface area contributed by atoms with Crippen molar-refractivity contribution in [3.05, 3.63) is 46.0 Å². The molecule has 0 aliphatic heterocycles. The molecule has 0 saturated heterocycles. The maximum absolute atomic E-state index is 12.3. The van der Waals surface area contributed by atoms with E-state index in [1.165, 1.54) is 24.3 Å². The van der Waals surface area contributed by atoms with Gasteiger partial charge in [0.25, 0.3) is 5.69 Å². The number of amides is 1. The van der Waals surface area contributed by atoms with Crippen LogP contribution in [-0.4, -0.2) is 21.9 Å². The van der Waals surface area contributed by atoms with Crippen LogP contribution in [0.5, 0.6) is 0 Å². The number of nitro benzene ring substituents is 1. The van der Waals surface area contributed by atoms with Gasteiger partial charge < -0.3 is 10.4 Å². The van der Waals surface area contributed by atoms with Gasteiger partial charge in [-0.1, -0.05) is 11.6 Å². The van der Waals surface area contributed by atoms with Gasteiger partial charge >= 0.3 is 5.97 Å². The Morgan fingerprint density at radius 1 is 1.27 bits per heavy atom. The molecule has 1 aliphatic rings. The predicted octanol–water partition coefficient (Wildman–Crippen LogP) is 2.59. The third-order valence-electron chi connectivity index (χ3n) is 3.75. The molecule has 0 saturated carbocycles. The molecule has 0 aromatic heterocycles. The number of benzene rings is 1. The van der Waals surface area contributed by atoms with E-state index in [1.807, 2.05) is 13.0 Å². The Bertz CT molecular complexity index is 636. The third kappa shape index (κ3) is 3.49. The summed E-state index contributed by atoms with van der Waals surface area (Å²) in [6.45, 7) is 1.87. The fraction of sp³-hybridized carbons (Fsp3) is 0.333. The molecule has 0 radical (unpaired) electrons. The van der Waals surface area contributed by atoms with Crippen LogP contribution in [0.4, 0.5) is 11.4 Å². The number of non-ortho nitro benzene ring substituents is 1. The average molecular weight is 304 g/mol. The van der Waals surface area contributed by atoms with E-state index in [9.17, 15) is 24.8 Å². The zero-order valence-electron chi connectivity index (χ0n) is 12.0. The molecule has 2 rings (SSSR count). The minimum atomic E-state index is -0.993. The Hall–Kier alpha value is -2.70. The number of nitrogens with zero attached hydrogens (tertiary/aromatic N) is 1. The number of carboxylic acids is 1. The van der Waals surface area contributed by atoms with Gasteiger partial charge in [0.1, 0.15) is 0 Å². The highest BCUT2D eigenvalue weighted by molar-refractivity contribution is 5.95. The maximum atomic E-state index is 12.3. The summed E-state index contributed by atoms with van der Waals surface area (Å²) in [6.07, 6.45) is 2.57. The van der Waals surface area contributed by atoms with E-state index in [1.54, 1.807) is 0 Å². The van der Waals surface area contributed by atoms with Crippen LogP contribution in [0.15, 0.2) is 35.9 Å². The molecular weight excluding hydrogens is 288 g/mol. The molecule has 0 unspecified atom stereocenters. The van der Waals surface area contributed by atoms with Crippen LogP contribution in [-0.2, 0) is 9.59 Å². The molecule has 1 aromatic rings. The average Bonchev–Trinajstić information content (AvgIpc) is 2.47. The summed E-state index contributed by atoms with van der Waals surface area (Å²) in [5.41, 5.74) is 1.33. The summed E-state index contributed by atoms with van der Waals surface area (Å²) in [7, 11) is 0. The van der Waals surface area contributed by atoms with Gasteiger partial charge in [-0.3, -0.25) is 19.7 Å². The van der Waals surface area contributed by atoms with Crippen molar-refractivity contribution < 1.29 is 19.6 Å². The largest absolute Gasteiger partial charge is 0.481 e. The van der Waals surface area contributed by atoms with Gasteiger partial charge in [-0.15, -0.1) is 0 Å². The normalized spacial score (nSPS) is 20.9. The number of nitrogens with one attached hydrogen (secondary N) is 1. The molecule has 22 heavy (non-hydrogen) atoms. The lowest BCUT2D eigenvalue weighted by Gasteiger charge is -2.26. The zero-order valence-corrected chi connectivity index (χ0v) is 12.0. The van der Waals surface area contributed by atoms with Gasteiger partial charge in [0.05, 0.1) is 16.8 Å². The molecule has 1 aliphatic carbocycles. The number of hydrogen-bond acceptors (Lipinski definition) is 4. The number of carbonyl (C=O) groups excluding carboxylic acids is 1. The number of allylic oxidation sites excluding steroid dienone is 2. The number of rotatable bonds is 4. The Morgan fingerprint density at radius 3 is 2.45 bits per heavy atom. The van der Waals surface area contributed by atoms with Gasteiger partial charge in [0, 0.05) is 17.8 Å². The van der Waals surface area contributed by atoms with Crippen molar-refractivity contribution in [3.63, 3.8) is 0 Å². The molecule has 2 atom stereocenters. The second-order valence-corrected chi connectivity index (χ2v) is 5.33. The number of carbonyl (C=O) groups is 2. The van der Waals surface area contributed by atoms with E-state index in [4.69, 9.17) is 0 Å². The third-order valence-corrected chi connectivity index (χ3v) is 3.75. The van der Waals surface area contributed by atoms with Crippen LogP contribution in [0, 0.1) is 22.0 Å². The van der Waals surface area contributed by atoms with Crippen molar-refractivity contribution in [3.8, 4) is 0 Å². The summed E-state index contributed by atoms with van der Waals surface area (Å²) in [5, 5.41) is 22.4. The first kappa shape index (κ1) is 15.7. The van der Waals surface area contributed by atoms with E-state index >= 15 is 0 Å². The van der Waals surface area contributed by atoms with Crippen LogP contribution in [0.2, 0.25) is 0 Å². The quantitative estimate of drug-likeness (QED) is 0.504. The minimum Gasteiger partial charge on any atom is -0.481 e. The summed E-state index contributed by atoms with van der Waals surface area (Å²) in [6, 6.07) is 5.43. The second kappa shape index (κ2) is 6.38. The Balaban J connectivity index is 2.11. The van der Waals surface area contributed by atoms with Crippen molar-refractivity contribution in [2.75, 3.05) is 5.32 Å². The minimum absolute atomic E-state index is 0.0714. The summed E-state index contributed by atoms with van der Waals surface area (Å²) < 4.78 is 0. The molecule has 1 aromatic carbocycles. The molecule has 0 bridgehead atoms. The molecule has 116 valence electrons. The van der Waals surface area contributed by atoms with Crippen LogP contribution < -0.4 is 5.32 Å². The van der Waals surface area contributed by atoms with Crippen molar-refractivity contribution in [2.24, 2.45) is 11.8 Å². The Labute approximate surface area is 126 Å². The van der Waals surface area contributed by atoms with Gasteiger partial charge in [-0.2, -0.15) is 0 Å². The predicted molar refractivity (Wildman–Crippen MR) is 79.3 cm³/mol. The smallest absolute Gasteiger partial charge is 0.307 e. The fourth-order valence-corrected chi connectivity index (χ4v) is 2.51. The molecule has 0 spiro atoms. The van der Waals surface area contributed by atoms with Crippen LogP contribution >= 0.6 is 0 Å². The monoisotopic (exact) mass is 304 g/mol. The Kier molecular flexibility index (Phi) is 4.55. The van der Waals surface area contributed by atoms with Crippen molar-refractivity contribution >= 4 is 23.3 Å². The van der Waals surface area contributed by atoms with Gasteiger partial charge in [0.15, 0.2) is 0 Å². The molecule has 7 heteroatoms. The lowest BCUT2D eigenvalue weighted by atomic mass is 9.79. The molecule has 2 N–H and O–H groups in total. The summed E-state index contributed by atoms with van der Waals surface area (Å²) >= 11 is 0. The molecular formula is C15H16N2O5. The lowest BCUT2D eigenvalue weighted by molar-refractivity contribution is -0.384. The Morgan fingerprint density at radius 2 is 1.91 bits per heavy atom. The van der Waals surface area contributed by atoms with Gasteiger partial charge in [-0.05, 0) is 31.9 Å². The lowest BCUT2D eigenvalue weighted by Crippen LogP contribution is -2.35. The SMILES string of the molecule is CC1=CC[C@H](C(=O)O)[C@@H](C(=O)Nc2ccc([N+](=O)[O-])cc2)C1. The number of aliphatic carboxylic acids is 1. The highest BCUT2D eigenvalue weighted by Gasteiger charge is 2.35. The number of hydrogen-bond donors (Lipinski definition) is 2. The molecule has 0 fully saturated rings. The number of carboxylic acid groups (broad SMARTS) is 1. The first-order valence-electron chi connectivity index (χ1n) is 6.82. The zero-order chi connectivity index (χ0) is 16.3. The van der Waals surface area contributed by atoms with Gasteiger partial charge in [0.2, 0.25) is 5.91 Å².